The molecular weight excluding hydrogens is 216 g/mol. The predicted octanol–water partition coefficient (Wildman–Crippen LogP) is 0.717. The molecule has 1 atom stereocenters. The third-order valence-corrected chi connectivity index (χ3v) is 2.35. The number of amides is 1. The molecule has 0 bridgehead atoms. The van der Waals surface area contributed by atoms with E-state index in [4.69, 9.17) is 0 Å². The molecule has 7 nitrogen and oxygen atoms in total. The first-order chi connectivity index (χ1) is 7.53. The summed E-state index contributed by atoms with van der Waals surface area (Å²) in [6, 6.07) is 0. The molecule has 0 aromatic heterocycles. The average Bonchev–Trinajstić information content (AvgIpc) is 2.30. The van der Waals surface area contributed by atoms with Crippen molar-refractivity contribution in [3.05, 3.63) is 11.5 Å². The second-order valence-electron chi connectivity index (χ2n) is 3.09. The van der Waals surface area contributed by atoms with Gasteiger partial charge in [0, 0.05) is 0 Å². The zero-order valence-corrected chi connectivity index (χ0v) is 9.18. The van der Waals surface area contributed by atoms with Gasteiger partial charge in [-0.1, -0.05) is 6.92 Å². The molecule has 1 rings (SSSR count). The maximum atomic E-state index is 11.6. The second kappa shape index (κ2) is 4.30. The minimum atomic E-state index is -1.67. The molecule has 7 heteroatoms. The molecule has 0 aliphatic carbocycles. The van der Waals surface area contributed by atoms with Gasteiger partial charge in [-0.3, -0.25) is 4.79 Å². The van der Waals surface area contributed by atoms with Gasteiger partial charge < -0.3 is 14.6 Å². The molecule has 0 radical (unpaired) electrons. The van der Waals surface area contributed by atoms with Crippen LogP contribution >= 0.6 is 0 Å². The normalized spacial score (nSPS) is 24.6. The SMILES string of the molecule is CCC1(C(=O)OC)N=NC(=O)C(OC)=C1O. The van der Waals surface area contributed by atoms with E-state index in [1.165, 1.54) is 7.11 Å². The number of azo groups is 1. The van der Waals surface area contributed by atoms with Crippen molar-refractivity contribution in [3.8, 4) is 0 Å². The zero-order chi connectivity index (χ0) is 12.3. The minimum absolute atomic E-state index is 0.106. The van der Waals surface area contributed by atoms with E-state index >= 15 is 0 Å². The molecule has 0 saturated heterocycles. The molecule has 16 heavy (non-hydrogen) atoms. The summed E-state index contributed by atoms with van der Waals surface area (Å²) in [6.07, 6.45) is 0.106. The lowest BCUT2D eigenvalue weighted by Crippen LogP contribution is -2.42. The van der Waals surface area contributed by atoms with Crippen molar-refractivity contribution in [2.24, 2.45) is 10.2 Å². The van der Waals surface area contributed by atoms with Crippen molar-refractivity contribution in [2.75, 3.05) is 14.2 Å². The Kier molecular flexibility index (Phi) is 3.26. The molecular formula is C9H12N2O5. The topological polar surface area (TPSA) is 97.6 Å². The molecule has 1 aliphatic rings. The zero-order valence-electron chi connectivity index (χ0n) is 9.18. The van der Waals surface area contributed by atoms with Crippen molar-refractivity contribution in [3.63, 3.8) is 0 Å². The summed E-state index contributed by atoms with van der Waals surface area (Å²) in [6.45, 7) is 1.61. The number of rotatable bonds is 3. The fourth-order valence-electron chi connectivity index (χ4n) is 1.39. The summed E-state index contributed by atoms with van der Waals surface area (Å²) in [5, 5.41) is 16.6. The number of nitrogens with zero attached hydrogens (tertiary/aromatic N) is 2. The van der Waals surface area contributed by atoms with Gasteiger partial charge in [0.05, 0.1) is 14.2 Å². The van der Waals surface area contributed by atoms with Gasteiger partial charge in [0.2, 0.25) is 11.3 Å². The molecule has 0 saturated carbocycles. The molecule has 0 spiro atoms. The Morgan fingerprint density at radius 3 is 2.56 bits per heavy atom. The molecule has 0 fully saturated rings. The Bertz CT molecular complexity index is 387. The van der Waals surface area contributed by atoms with E-state index in [2.05, 4.69) is 19.7 Å². The predicted molar refractivity (Wildman–Crippen MR) is 51.6 cm³/mol. The molecule has 0 aromatic carbocycles. The lowest BCUT2D eigenvalue weighted by atomic mass is 9.93. The number of ether oxygens (including phenoxy) is 2. The summed E-state index contributed by atoms with van der Waals surface area (Å²) in [5.41, 5.74) is -1.67. The first kappa shape index (κ1) is 12.2. The van der Waals surface area contributed by atoms with E-state index in [9.17, 15) is 14.7 Å². The monoisotopic (exact) mass is 228 g/mol. The smallest absolute Gasteiger partial charge is 0.343 e. The first-order valence-corrected chi connectivity index (χ1v) is 4.56. The van der Waals surface area contributed by atoms with Crippen molar-refractivity contribution in [1.82, 2.24) is 0 Å². The van der Waals surface area contributed by atoms with Crippen LogP contribution < -0.4 is 0 Å². The highest BCUT2D eigenvalue weighted by molar-refractivity contribution is 5.97. The molecule has 1 aliphatic heterocycles. The molecule has 1 unspecified atom stereocenters. The van der Waals surface area contributed by atoms with Crippen LogP contribution in [0.4, 0.5) is 0 Å². The van der Waals surface area contributed by atoms with Gasteiger partial charge in [-0.05, 0) is 6.42 Å². The van der Waals surface area contributed by atoms with Crippen LogP contribution in [-0.2, 0) is 19.1 Å². The number of aliphatic hydroxyl groups excluding tert-OH is 1. The van der Waals surface area contributed by atoms with E-state index < -0.39 is 23.2 Å². The summed E-state index contributed by atoms with van der Waals surface area (Å²) < 4.78 is 9.21. The summed E-state index contributed by atoms with van der Waals surface area (Å²) in [5.74, 6) is -2.57. The maximum Gasteiger partial charge on any atom is 0.343 e. The Morgan fingerprint density at radius 2 is 2.12 bits per heavy atom. The summed E-state index contributed by atoms with van der Waals surface area (Å²) >= 11 is 0. The quantitative estimate of drug-likeness (QED) is 0.717. The fraction of sp³-hybridized carbons (Fsp3) is 0.556. The van der Waals surface area contributed by atoms with E-state index in [-0.39, 0.29) is 12.2 Å². The Morgan fingerprint density at radius 1 is 1.50 bits per heavy atom. The van der Waals surface area contributed by atoms with Gasteiger partial charge in [0.15, 0.2) is 5.76 Å². The van der Waals surface area contributed by atoms with E-state index in [1.54, 1.807) is 6.92 Å². The maximum absolute atomic E-state index is 11.6. The second-order valence-corrected chi connectivity index (χ2v) is 3.09. The van der Waals surface area contributed by atoms with E-state index in [0.29, 0.717) is 0 Å². The standard InChI is InChI=1S/C9H12N2O5/c1-4-9(8(14)16-3)6(12)5(15-2)7(13)10-11-9/h12H,4H2,1-3H3. The summed E-state index contributed by atoms with van der Waals surface area (Å²) in [4.78, 5) is 22.8. The third kappa shape index (κ3) is 1.54. The van der Waals surface area contributed by atoms with Crippen LogP contribution in [0.1, 0.15) is 13.3 Å². The largest absolute Gasteiger partial charge is 0.506 e. The van der Waals surface area contributed by atoms with E-state index in [0.717, 1.165) is 7.11 Å². The average molecular weight is 228 g/mol. The van der Waals surface area contributed by atoms with Crippen LogP contribution in [-0.4, -0.2) is 36.7 Å². The van der Waals surface area contributed by atoms with Crippen molar-refractivity contribution in [2.45, 2.75) is 18.9 Å². The number of esters is 1. The van der Waals surface area contributed by atoms with Crippen LogP contribution in [0.3, 0.4) is 0 Å². The number of hydrogen-bond donors (Lipinski definition) is 1. The van der Waals surface area contributed by atoms with E-state index in [1.807, 2.05) is 0 Å². The van der Waals surface area contributed by atoms with Gasteiger partial charge in [-0.15, -0.1) is 5.11 Å². The highest BCUT2D eigenvalue weighted by atomic mass is 16.5. The number of hydrogen-bond acceptors (Lipinski definition) is 6. The molecule has 88 valence electrons. The molecule has 1 N–H and O–H groups in total. The summed E-state index contributed by atoms with van der Waals surface area (Å²) in [7, 11) is 2.35. The van der Waals surface area contributed by atoms with Crippen LogP contribution in [0.25, 0.3) is 0 Å². The van der Waals surface area contributed by atoms with Gasteiger partial charge in [0.1, 0.15) is 0 Å². The number of aliphatic hydroxyl groups is 1. The highest BCUT2D eigenvalue weighted by Gasteiger charge is 2.49. The first-order valence-electron chi connectivity index (χ1n) is 4.56. The Labute approximate surface area is 91.8 Å². The van der Waals surface area contributed by atoms with Gasteiger partial charge in [-0.25, -0.2) is 4.79 Å². The van der Waals surface area contributed by atoms with Crippen LogP contribution in [0.15, 0.2) is 21.7 Å². The number of carbonyl (C=O) groups excluding carboxylic acids is 2. The van der Waals surface area contributed by atoms with Crippen LogP contribution in [0.2, 0.25) is 0 Å². The van der Waals surface area contributed by atoms with Crippen molar-refractivity contribution in [1.29, 1.82) is 0 Å². The lowest BCUT2D eigenvalue weighted by Gasteiger charge is -2.26. The van der Waals surface area contributed by atoms with Gasteiger partial charge in [0.25, 0.3) is 0 Å². The molecule has 0 aromatic rings. The van der Waals surface area contributed by atoms with Gasteiger partial charge in [-0.2, -0.15) is 5.11 Å². The third-order valence-electron chi connectivity index (χ3n) is 2.35. The van der Waals surface area contributed by atoms with Crippen molar-refractivity contribution < 1.29 is 24.2 Å². The van der Waals surface area contributed by atoms with Crippen molar-refractivity contribution >= 4 is 11.9 Å². The molecule has 1 amide bonds. The Hall–Kier alpha value is -1.92. The van der Waals surface area contributed by atoms with Crippen LogP contribution in [0, 0.1) is 0 Å². The highest BCUT2D eigenvalue weighted by Crippen LogP contribution is 2.32. The fourth-order valence-corrected chi connectivity index (χ4v) is 1.39. The van der Waals surface area contributed by atoms with Gasteiger partial charge >= 0.3 is 11.9 Å². The Balaban J connectivity index is 3.32. The minimum Gasteiger partial charge on any atom is -0.506 e. The molecule has 1 heterocycles. The lowest BCUT2D eigenvalue weighted by molar-refractivity contribution is -0.147. The van der Waals surface area contributed by atoms with Crippen LogP contribution in [0.5, 0.6) is 0 Å². The number of methoxy groups -OCH3 is 2. The number of carbonyl (C=O) groups is 2.